The highest BCUT2D eigenvalue weighted by Crippen LogP contribution is 2.28. The monoisotopic (exact) mass is 222 g/mol. The lowest BCUT2D eigenvalue weighted by Crippen LogP contribution is -2.04. The molecule has 0 saturated carbocycles. The molecule has 0 unspecified atom stereocenters. The normalized spacial score (nSPS) is 9.56. The van der Waals surface area contributed by atoms with Gasteiger partial charge in [-0.15, -0.1) is 6.42 Å². The number of rotatable bonds is 6. The van der Waals surface area contributed by atoms with E-state index >= 15 is 0 Å². The first-order valence-electron chi connectivity index (χ1n) is 4.66. The zero-order valence-electron chi connectivity index (χ0n) is 9.36. The molecule has 16 heavy (non-hydrogen) atoms. The summed E-state index contributed by atoms with van der Waals surface area (Å²) in [6.45, 7) is 0.288. The number of hydrogen-bond acceptors (Lipinski definition) is 4. The molecule has 0 aliphatic rings. The summed E-state index contributed by atoms with van der Waals surface area (Å²) in [6, 6.07) is 5.22. The maximum atomic E-state index is 5.33. The molecule has 0 N–H and O–H groups in total. The van der Waals surface area contributed by atoms with E-state index in [9.17, 15) is 0 Å². The predicted molar refractivity (Wildman–Crippen MR) is 59.4 cm³/mol. The lowest BCUT2D eigenvalue weighted by atomic mass is 10.2. The summed E-state index contributed by atoms with van der Waals surface area (Å²) in [5.74, 6) is 3.62. The number of methoxy groups -OCH3 is 2. The van der Waals surface area contributed by atoms with Gasteiger partial charge in [0.15, 0.2) is 25.1 Å². The van der Waals surface area contributed by atoms with Gasteiger partial charge >= 0.3 is 0 Å². The van der Waals surface area contributed by atoms with E-state index < -0.39 is 0 Å². The van der Waals surface area contributed by atoms with Crippen LogP contribution in [0.1, 0.15) is 5.56 Å². The molecule has 0 atom stereocenters. The zero-order valence-corrected chi connectivity index (χ0v) is 9.36. The molecule has 4 heteroatoms. The van der Waals surface area contributed by atoms with Crippen molar-refractivity contribution in [3.05, 3.63) is 23.8 Å². The number of hydrogen-bond donors (Lipinski definition) is 0. The Hall–Kier alpha value is -1.70. The lowest BCUT2D eigenvalue weighted by Gasteiger charge is -2.11. The van der Waals surface area contributed by atoms with E-state index in [0.717, 1.165) is 5.56 Å². The second-order valence-electron chi connectivity index (χ2n) is 2.91. The Kier molecular flexibility index (Phi) is 5.20. The van der Waals surface area contributed by atoms with Crippen LogP contribution in [0.25, 0.3) is 0 Å². The summed E-state index contributed by atoms with van der Waals surface area (Å²) in [5, 5.41) is 0. The molecule has 0 radical (unpaired) electrons. The highest BCUT2D eigenvalue weighted by Gasteiger charge is 2.05. The molecule has 86 valence electrons. The first kappa shape index (κ1) is 12.4. The van der Waals surface area contributed by atoms with Crippen molar-refractivity contribution in [2.45, 2.75) is 0 Å². The van der Waals surface area contributed by atoms with E-state index in [0.29, 0.717) is 11.5 Å². The molecule has 1 aromatic rings. The van der Waals surface area contributed by atoms with Gasteiger partial charge in [-0.1, -0.05) is 5.92 Å². The Morgan fingerprint density at radius 2 is 1.69 bits per heavy atom. The minimum Gasteiger partial charge on any atom is -0.464 e. The second-order valence-corrected chi connectivity index (χ2v) is 2.91. The predicted octanol–water partition coefficient (Wildman–Crippen LogP) is 1.63. The maximum absolute atomic E-state index is 5.33. The summed E-state index contributed by atoms with van der Waals surface area (Å²) in [5.41, 5.74) is 0.718. The quantitative estimate of drug-likeness (QED) is 0.541. The van der Waals surface area contributed by atoms with E-state index in [-0.39, 0.29) is 13.6 Å². The fourth-order valence-electron chi connectivity index (χ4n) is 1.07. The van der Waals surface area contributed by atoms with Gasteiger partial charge < -0.3 is 18.9 Å². The minimum absolute atomic E-state index is 0.136. The van der Waals surface area contributed by atoms with E-state index in [2.05, 4.69) is 5.92 Å². The average molecular weight is 222 g/mol. The van der Waals surface area contributed by atoms with Crippen molar-refractivity contribution in [1.82, 2.24) is 0 Å². The van der Waals surface area contributed by atoms with Crippen LogP contribution in [0, 0.1) is 12.3 Å². The van der Waals surface area contributed by atoms with Crippen LogP contribution in [0.2, 0.25) is 0 Å². The molecule has 0 aromatic heterocycles. The van der Waals surface area contributed by atoms with Crippen LogP contribution in [0.15, 0.2) is 18.2 Å². The van der Waals surface area contributed by atoms with Gasteiger partial charge in [0.1, 0.15) is 0 Å². The third-order valence-corrected chi connectivity index (χ3v) is 1.77. The van der Waals surface area contributed by atoms with Crippen molar-refractivity contribution >= 4 is 0 Å². The number of ether oxygens (including phenoxy) is 4. The van der Waals surface area contributed by atoms with Crippen molar-refractivity contribution in [1.29, 1.82) is 0 Å². The SMILES string of the molecule is C#Cc1ccc(OCOC)c(OCOC)c1. The third-order valence-electron chi connectivity index (χ3n) is 1.77. The molecule has 0 bridgehead atoms. The Morgan fingerprint density at radius 3 is 2.25 bits per heavy atom. The van der Waals surface area contributed by atoms with E-state index in [1.165, 1.54) is 0 Å². The van der Waals surface area contributed by atoms with Crippen LogP contribution in [0.3, 0.4) is 0 Å². The largest absolute Gasteiger partial charge is 0.464 e. The van der Waals surface area contributed by atoms with E-state index in [1.54, 1.807) is 32.4 Å². The molecule has 0 spiro atoms. The topological polar surface area (TPSA) is 36.9 Å². The Bertz CT molecular complexity index is 368. The van der Waals surface area contributed by atoms with Crippen molar-refractivity contribution < 1.29 is 18.9 Å². The molecule has 0 saturated heterocycles. The van der Waals surface area contributed by atoms with Crippen LogP contribution in [0.5, 0.6) is 11.5 Å². The van der Waals surface area contributed by atoms with E-state index in [4.69, 9.17) is 25.4 Å². The summed E-state index contributed by atoms with van der Waals surface area (Å²) in [4.78, 5) is 0. The van der Waals surface area contributed by atoms with Gasteiger partial charge in [-0.3, -0.25) is 0 Å². The van der Waals surface area contributed by atoms with Crippen molar-refractivity contribution in [3.63, 3.8) is 0 Å². The smallest absolute Gasteiger partial charge is 0.188 e. The molecular formula is C12H14O4. The first-order valence-corrected chi connectivity index (χ1v) is 4.66. The van der Waals surface area contributed by atoms with Crippen molar-refractivity contribution in [3.8, 4) is 23.8 Å². The summed E-state index contributed by atoms with van der Waals surface area (Å²) in [7, 11) is 3.09. The molecular weight excluding hydrogens is 208 g/mol. The second kappa shape index (κ2) is 6.72. The first-order chi connectivity index (χ1) is 7.81. The Labute approximate surface area is 95.1 Å². The third kappa shape index (κ3) is 3.46. The average Bonchev–Trinajstić information content (AvgIpc) is 2.34. The summed E-state index contributed by atoms with van der Waals surface area (Å²) < 4.78 is 20.3. The highest BCUT2D eigenvalue weighted by molar-refractivity contribution is 5.47. The number of terminal acetylenes is 1. The van der Waals surface area contributed by atoms with Crippen molar-refractivity contribution in [2.24, 2.45) is 0 Å². The van der Waals surface area contributed by atoms with Gasteiger partial charge in [0, 0.05) is 19.8 Å². The number of benzene rings is 1. The maximum Gasteiger partial charge on any atom is 0.188 e. The van der Waals surface area contributed by atoms with Gasteiger partial charge in [-0.05, 0) is 18.2 Å². The molecule has 4 nitrogen and oxygen atoms in total. The van der Waals surface area contributed by atoms with E-state index in [1.807, 2.05) is 0 Å². The van der Waals surface area contributed by atoms with Gasteiger partial charge in [-0.2, -0.15) is 0 Å². The zero-order chi connectivity index (χ0) is 11.8. The summed E-state index contributed by atoms with van der Waals surface area (Å²) in [6.07, 6.45) is 5.30. The molecule has 0 fully saturated rings. The highest BCUT2D eigenvalue weighted by atomic mass is 16.7. The fraction of sp³-hybridized carbons (Fsp3) is 0.333. The van der Waals surface area contributed by atoms with Crippen LogP contribution < -0.4 is 9.47 Å². The molecule has 0 amide bonds. The fourth-order valence-corrected chi connectivity index (χ4v) is 1.07. The summed E-state index contributed by atoms with van der Waals surface area (Å²) >= 11 is 0. The van der Waals surface area contributed by atoms with Gasteiger partial charge in [0.05, 0.1) is 0 Å². The van der Waals surface area contributed by atoms with Gasteiger partial charge in [0.25, 0.3) is 0 Å². The molecule has 1 rings (SSSR count). The van der Waals surface area contributed by atoms with Crippen LogP contribution >= 0.6 is 0 Å². The lowest BCUT2D eigenvalue weighted by molar-refractivity contribution is 0.0322. The van der Waals surface area contributed by atoms with Crippen LogP contribution in [-0.2, 0) is 9.47 Å². The molecule has 0 heterocycles. The Morgan fingerprint density at radius 1 is 1.06 bits per heavy atom. The standard InChI is InChI=1S/C12H14O4/c1-4-10-5-6-11(15-8-13-2)12(7-10)16-9-14-3/h1,5-7H,8-9H2,2-3H3. The molecule has 0 aliphatic heterocycles. The minimum atomic E-state index is 0.136. The van der Waals surface area contributed by atoms with Gasteiger partial charge in [-0.25, -0.2) is 0 Å². The van der Waals surface area contributed by atoms with Crippen LogP contribution in [0.4, 0.5) is 0 Å². The van der Waals surface area contributed by atoms with Crippen molar-refractivity contribution in [2.75, 3.05) is 27.8 Å². The van der Waals surface area contributed by atoms with Crippen LogP contribution in [-0.4, -0.2) is 27.8 Å². The van der Waals surface area contributed by atoms with Gasteiger partial charge in [0.2, 0.25) is 0 Å². The molecule has 1 aromatic carbocycles. The Balaban J connectivity index is 2.83. The molecule has 0 aliphatic carbocycles.